The van der Waals surface area contributed by atoms with Crippen LogP contribution < -0.4 is 0 Å². The second-order valence-corrected chi connectivity index (χ2v) is 8.33. The van der Waals surface area contributed by atoms with E-state index in [1.165, 1.54) is 43.4 Å². The van der Waals surface area contributed by atoms with Gasteiger partial charge in [0.25, 0.3) is 0 Å². The lowest BCUT2D eigenvalue weighted by molar-refractivity contribution is 0.277. The Labute approximate surface area is 156 Å². The largest absolute Gasteiger partial charge is 0.206 e. The number of aryl methyl sites for hydroxylation is 3. The fourth-order valence-electron chi connectivity index (χ4n) is 4.21. The highest BCUT2D eigenvalue weighted by Gasteiger charge is 2.19. The van der Waals surface area contributed by atoms with Gasteiger partial charge in [0.15, 0.2) is 0 Å². The van der Waals surface area contributed by atoms with Gasteiger partial charge >= 0.3 is 0 Å². The van der Waals surface area contributed by atoms with Crippen molar-refractivity contribution in [2.45, 2.75) is 66.2 Å². The Morgan fingerprint density at radius 3 is 1.92 bits per heavy atom. The van der Waals surface area contributed by atoms with Crippen LogP contribution in [0.2, 0.25) is 0 Å². The monoisotopic (exact) mass is 356 g/mol. The van der Waals surface area contributed by atoms with Crippen LogP contribution >= 0.6 is 0 Å². The molecule has 0 unspecified atom stereocenters. The second-order valence-electron chi connectivity index (χ2n) is 8.33. The van der Waals surface area contributed by atoms with Crippen molar-refractivity contribution in [3.05, 3.63) is 58.2 Å². The first-order valence-electron chi connectivity index (χ1n) is 9.91. The summed E-state index contributed by atoms with van der Waals surface area (Å²) in [6, 6.07) is 6.84. The molecular weight excluding hydrogens is 326 g/mol. The molecule has 0 bridgehead atoms. The maximum Gasteiger partial charge on any atom is 0.134 e. The van der Waals surface area contributed by atoms with Gasteiger partial charge in [-0.2, -0.15) is 0 Å². The minimum atomic E-state index is -0.445. The van der Waals surface area contributed by atoms with Crippen molar-refractivity contribution in [3.8, 4) is 11.1 Å². The molecule has 26 heavy (non-hydrogen) atoms. The first kappa shape index (κ1) is 19.1. The summed E-state index contributed by atoms with van der Waals surface area (Å²) < 4.78 is 29.5. The molecule has 3 rings (SSSR count). The van der Waals surface area contributed by atoms with Gasteiger partial charge < -0.3 is 0 Å². The molecule has 0 aliphatic heterocycles. The van der Waals surface area contributed by atoms with Crippen LogP contribution in [-0.2, 0) is 6.42 Å². The van der Waals surface area contributed by atoms with E-state index in [-0.39, 0.29) is 5.56 Å². The molecule has 1 aliphatic rings. The average molecular weight is 357 g/mol. The van der Waals surface area contributed by atoms with Gasteiger partial charge in [-0.1, -0.05) is 44.7 Å². The van der Waals surface area contributed by atoms with Crippen LogP contribution in [0.4, 0.5) is 8.78 Å². The Morgan fingerprint density at radius 1 is 0.846 bits per heavy atom. The average Bonchev–Trinajstić information content (AvgIpc) is 2.58. The lowest BCUT2D eigenvalue weighted by atomic mass is 9.80. The van der Waals surface area contributed by atoms with Gasteiger partial charge in [-0.3, -0.25) is 0 Å². The number of rotatable bonds is 4. The molecule has 2 aromatic rings. The van der Waals surface area contributed by atoms with Crippen molar-refractivity contribution < 1.29 is 8.78 Å². The molecule has 1 saturated carbocycles. The molecule has 0 heterocycles. The van der Waals surface area contributed by atoms with Crippen LogP contribution in [-0.4, -0.2) is 0 Å². The summed E-state index contributed by atoms with van der Waals surface area (Å²) in [7, 11) is 0. The van der Waals surface area contributed by atoms with Crippen molar-refractivity contribution >= 4 is 0 Å². The fraction of sp³-hybridized carbons (Fsp3) is 0.500. The molecule has 1 fully saturated rings. The molecule has 140 valence electrons. The van der Waals surface area contributed by atoms with Gasteiger partial charge in [0.05, 0.1) is 5.56 Å². The summed E-state index contributed by atoms with van der Waals surface area (Å²) in [6.07, 6.45) is 6.89. The van der Waals surface area contributed by atoms with Gasteiger partial charge in [0, 0.05) is 0 Å². The first-order chi connectivity index (χ1) is 12.3. The Kier molecular flexibility index (Phi) is 5.79. The van der Waals surface area contributed by atoms with Crippen LogP contribution in [0, 0.1) is 44.2 Å². The molecule has 2 aromatic carbocycles. The van der Waals surface area contributed by atoms with E-state index in [0.717, 1.165) is 35.4 Å². The Morgan fingerprint density at radius 2 is 1.38 bits per heavy atom. The van der Waals surface area contributed by atoms with Crippen molar-refractivity contribution in [2.75, 3.05) is 0 Å². The van der Waals surface area contributed by atoms with Gasteiger partial charge in [-0.15, -0.1) is 0 Å². The molecule has 0 aromatic heterocycles. The van der Waals surface area contributed by atoms with Gasteiger partial charge in [0.2, 0.25) is 0 Å². The van der Waals surface area contributed by atoms with E-state index in [1.807, 2.05) is 32.9 Å². The predicted molar refractivity (Wildman–Crippen MR) is 105 cm³/mol. The van der Waals surface area contributed by atoms with Crippen molar-refractivity contribution in [1.82, 2.24) is 0 Å². The van der Waals surface area contributed by atoms with E-state index in [4.69, 9.17) is 0 Å². The lowest BCUT2D eigenvalue weighted by Crippen LogP contribution is -2.13. The summed E-state index contributed by atoms with van der Waals surface area (Å²) >= 11 is 0. The summed E-state index contributed by atoms with van der Waals surface area (Å²) in [4.78, 5) is 0. The van der Waals surface area contributed by atoms with Crippen LogP contribution in [0.3, 0.4) is 0 Å². The lowest BCUT2D eigenvalue weighted by Gasteiger charge is -2.26. The van der Waals surface area contributed by atoms with Crippen LogP contribution in [0.1, 0.15) is 61.3 Å². The van der Waals surface area contributed by atoms with E-state index in [9.17, 15) is 8.78 Å². The van der Waals surface area contributed by atoms with Crippen molar-refractivity contribution in [1.29, 1.82) is 0 Å². The van der Waals surface area contributed by atoms with E-state index in [0.29, 0.717) is 11.5 Å². The molecule has 0 nitrogen and oxygen atoms in total. The molecule has 0 N–H and O–H groups in total. The molecule has 0 radical (unpaired) electrons. The number of benzene rings is 2. The molecule has 2 heteroatoms. The highest BCUT2D eigenvalue weighted by Crippen LogP contribution is 2.33. The summed E-state index contributed by atoms with van der Waals surface area (Å²) in [5.41, 5.74) is 4.82. The second kappa shape index (κ2) is 7.90. The van der Waals surface area contributed by atoms with Crippen LogP contribution in [0.5, 0.6) is 0 Å². The van der Waals surface area contributed by atoms with Crippen LogP contribution in [0.15, 0.2) is 24.3 Å². The third-order valence-corrected chi connectivity index (χ3v) is 6.29. The quantitative estimate of drug-likeness (QED) is 0.538. The number of hydrogen-bond donors (Lipinski definition) is 0. The van der Waals surface area contributed by atoms with Crippen molar-refractivity contribution in [3.63, 3.8) is 0 Å². The smallest absolute Gasteiger partial charge is 0.134 e. The first-order valence-corrected chi connectivity index (χ1v) is 9.91. The molecule has 1 aliphatic carbocycles. The summed E-state index contributed by atoms with van der Waals surface area (Å²) in [5, 5.41) is 0. The van der Waals surface area contributed by atoms with E-state index in [1.54, 1.807) is 0 Å². The zero-order valence-corrected chi connectivity index (χ0v) is 16.5. The Balaban J connectivity index is 1.78. The maximum absolute atomic E-state index is 14.7. The van der Waals surface area contributed by atoms with Gasteiger partial charge in [-0.05, 0) is 85.4 Å². The summed E-state index contributed by atoms with van der Waals surface area (Å²) in [6.45, 7) is 8.33. The normalized spacial score (nSPS) is 20.4. The van der Waals surface area contributed by atoms with E-state index >= 15 is 0 Å². The minimum Gasteiger partial charge on any atom is -0.206 e. The summed E-state index contributed by atoms with van der Waals surface area (Å²) in [5.74, 6) is 0.654. The standard InChI is InChI=1S/C24H30F2/c1-15-5-7-19(8-6-15)9-10-20-13-22(25)24(23(26)14-20)21-11-16(2)18(4)17(3)12-21/h11-15,19H,5-10H2,1-4H3. The molecule has 0 saturated heterocycles. The predicted octanol–water partition coefficient (Wildman–Crippen LogP) is 7.32. The zero-order chi connectivity index (χ0) is 18.8. The maximum atomic E-state index is 14.7. The van der Waals surface area contributed by atoms with Crippen LogP contribution in [0.25, 0.3) is 11.1 Å². The third kappa shape index (κ3) is 4.16. The van der Waals surface area contributed by atoms with E-state index < -0.39 is 11.6 Å². The van der Waals surface area contributed by atoms with Gasteiger partial charge in [0.1, 0.15) is 11.6 Å². The van der Waals surface area contributed by atoms with Crippen molar-refractivity contribution in [2.24, 2.45) is 11.8 Å². The Bertz CT molecular complexity index is 737. The topological polar surface area (TPSA) is 0 Å². The molecular formula is C24H30F2. The SMILES string of the molecule is Cc1cc(-c2c(F)cc(CCC3CCC(C)CC3)cc2F)cc(C)c1C. The fourth-order valence-corrected chi connectivity index (χ4v) is 4.21. The minimum absolute atomic E-state index is 0.103. The Hall–Kier alpha value is -1.70. The number of halogens is 2. The number of hydrogen-bond acceptors (Lipinski definition) is 0. The zero-order valence-electron chi connectivity index (χ0n) is 16.5. The molecule has 0 amide bonds. The highest BCUT2D eigenvalue weighted by atomic mass is 19.1. The van der Waals surface area contributed by atoms with E-state index in [2.05, 4.69) is 6.92 Å². The van der Waals surface area contributed by atoms with Gasteiger partial charge in [-0.25, -0.2) is 8.78 Å². The molecule has 0 atom stereocenters. The molecule has 0 spiro atoms. The third-order valence-electron chi connectivity index (χ3n) is 6.29. The highest BCUT2D eigenvalue weighted by molar-refractivity contribution is 5.68.